The molecule has 1 aliphatic rings. The largest absolute Gasteiger partial charge is 0.349 e. The molecule has 1 fully saturated rings. The van der Waals surface area contributed by atoms with Crippen LogP contribution in [0.5, 0.6) is 0 Å². The lowest BCUT2D eigenvalue weighted by molar-refractivity contribution is 0.0928. The maximum atomic E-state index is 12.3. The Labute approximate surface area is 117 Å². The Morgan fingerprint density at radius 2 is 2.40 bits per heavy atom. The number of nitrogens with two attached hydrogens (primary N) is 1. The highest BCUT2D eigenvalue weighted by Crippen LogP contribution is 2.25. The Kier molecular flexibility index (Phi) is 3.40. The first-order chi connectivity index (χ1) is 9.69. The number of nitrogens with zero attached hydrogens (tertiary/aromatic N) is 2. The van der Waals surface area contributed by atoms with Gasteiger partial charge in [0.15, 0.2) is 5.65 Å². The molecule has 6 nitrogen and oxygen atoms in total. The summed E-state index contributed by atoms with van der Waals surface area (Å²) in [5.74, 6) is 0.316. The molecule has 2 unspecified atom stereocenters. The molecule has 0 aliphatic heterocycles. The van der Waals surface area contributed by atoms with E-state index in [4.69, 9.17) is 5.73 Å². The summed E-state index contributed by atoms with van der Waals surface area (Å²) < 4.78 is 0. The molecule has 2 aromatic rings. The van der Waals surface area contributed by atoms with Gasteiger partial charge in [-0.25, -0.2) is 4.98 Å². The zero-order valence-electron chi connectivity index (χ0n) is 11.5. The monoisotopic (exact) mass is 273 g/mol. The lowest BCUT2D eigenvalue weighted by Gasteiger charge is -2.19. The number of aromatic nitrogens is 3. The number of H-pyrrole nitrogens is 1. The van der Waals surface area contributed by atoms with Crippen LogP contribution in [0.1, 0.15) is 35.3 Å². The molecule has 6 heteroatoms. The van der Waals surface area contributed by atoms with Gasteiger partial charge in [-0.05, 0) is 38.3 Å². The fraction of sp³-hybridized carbons (Fsp3) is 0.500. The number of amides is 1. The van der Waals surface area contributed by atoms with Gasteiger partial charge in [-0.3, -0.25) is 9.89 Å². The average Bonchev–Trinajstić information content (AvgIpc) is 3.05. The van der Waals surface area contributed by atoms with Crippen molar-refractivity contribution in [2.75, 3.05) is 6.54 Å². The van der Waals surface area contributed by atoms with Gasteiger partial charge in [0.2, 0.25) is 0 Å². The first-order valence-electron chi connectivity index (χ1n) is 7.00. The molecule has 4 N–H and O–H groups in total. The Morgan fingerprint density at radius 3 is 3.20 bits per heavy atom. The molecule has 1 amide bonds. The van der Waals surface area contributed by atoms with E-state index in [0.29, 0.717) is 23.7 Å². The van der Waals surface area contributed by atoms with E-state index in [9.17, 15) is 4.79 Å². The zero-order valence-corrected chi connectivity index (χ0v) is 11.5. The molecule has 0 aromatic carbocycles. The number of fused-ring (bicyclic) bond motifs is 1. The summed E-state index contributed by atoms with van der Waals surface area (Å²) in [6.07, 6.45) is 4.81. The predicted molar refractivity (Wildman–Crippen MR) is 76.3 cm³/mol. The number of nitrogens with one attached hydrogen (secondary N) is 2. The summed E-state index contributed by atoms with van der Waals surface area (Å²) in [5, 5.41) is 10.9. The number of aromatic amines is 1. The van der Waals surface area contributed by atoms with Crippen LogP contribution in [0.2, 0.25) is 0 Å². The van der Waals surface area contributed by atoms with Gasteiger partial charge in [0, 0.05) is 23.3 Å². The number of aryl methyl sites for hydroxylation is 1. The third-order valence-electron chi connectivity index (χ3n) is 4.14. The lowest BCUT2D eigenvalue weighted by Crippen LogP contribution is -2.39. The summed E-state index contributed by atoms with van der Waals surface area (Å²) in [4.78, 5) is 16.5. The van der Waals surface area contributed by atoms with Crippen LogP contribution in [0.4, 0.5) is 0 Å². The molecule has 0 saturated heterocycles. The van der Waals surface area contributed by atoms with Gasteiger partial charge in [0.1, 0.15) is 0 Å². The lowest BCUT2D eigenvalue weighted by atomic mass is 10.0. The quantitative estimate of drug-likeness (QED) is 0.780. The number of hydrogen-bond acceptors (Lipinski definition) is 4. The molecular weight excluding hydrogens is 254 g/mol. The van der Waals surface area contributed by atoms with Crippen LogP contribution < -0.4 is 11.1 Å². The van der Waals surface area contributed by atoms with E-state index < -0.39 is 0 Å². The van der Waals surface area contributed by atoms with Gasteiger partial charge in [0.05, 0.1) is 5.56 Å². The molecule has 0 radical (unpaired) electrons. The highest BCUT2D eigenvalue weighted by Gasteiger charge is 2.27. The fourth-order valence-corrected chi connectivity index (χ4v) is 2.90. The molecule has 1 aliphatic carbocycles. The molecular formula is C14H19N5O. The van der Waals surface area contributed by atoms with Gasteiger partial charge in [0.25, 0.3) is 5.91 Å². The van der Waals surface area contributed by atoms with Crippen LogP contribution in [-0.2, 0) is 0 Å². The van der Waals surface area contributed by atoms with Crippen molar-refractivity contribution in [3.63, 3.8) is 0 Å². The third-order valence-corrected chi connectivity index (χ3v) is 4.14. The van der Waals surface area contributed by atoms with Crippen LogP contribution >= 0.6 is 0 Å². The van der Waals surface area contributed by atoms with Gasteiger partial charge in [-0.15, -0.1) is 0 Å². The smallest absolute Gasteiger partial charge is 0.253 e. The van der Waals surface area contributed by atoms with Crippen molar-refractivity contribution in [2.24, 2.45) is 11.7 Å². The number of carbonyl (C=O) groups is 1. The van der Waals surface area contributed by atoms with Crippen molar-refractivity contribution >= 4 is 16.9 Å². The fourth-order valence-electron chi connectivity index (χ4n) is 2.90. The summed E-state index contributed by atoms with van der Waals surface area (Å²) >= 11 is 0. The normalized spacial score (nSPS) is 22.3. The van der Waals surface area contributed by atoms with Crippen molar-refractivity contribution in [2.45, 2.75) is 32.2 Å². The highest BCUT2D eigenvalue weighted by molar-refractivity contribution is 5.97. The van der Waals surface area contributed by atoms with E-state index in [1.165, 1.54) is 0 Å². The predicted octanol–water partition coefficient (Wildman–Crippen LogP) is 1.12. The minimum atomic E-state index is -0.0784. The first-order valence-corrected chi connectivity index (χ1v) is 7.00. The summed E-state index contributed by atoms with van der Waals surface area (Å²) in [6, 6.07) is 2.02. The summed E-state index contributed by atoms with van der Waals surface area (Å²) in [6.45, 7) is 2.54. The number of rotatable bonds is 3. The minimum Gasteiger partial charge on any atom is -0.349 e. The van der Waals surface area contributed by atoms with Gasteiger partial charge >= 0.3 is 0 Å². The van der Waals surface area contributed by atoms with Gasteiger partial charge in [-0.1, -0.05) is 6.42 Å². The molecule has 20 heavy (non-hydrogen) atoms. The Bertz CT molecular complexity index is 636. The molecule has 2 heterocycles. The van der Waals surface area contributed by atoms with E-state index in [2.05, 4.69) is 20.5 Å². The average molecular weight is 273 g/mol. The van der Waals surface area contributed by atoms with Crippen molar-refractivity contribution in [3.05, 3.63) is 23.5 Å². The maximum absolute atomic E-state index is 12.3. The molecule has 106 valence electrons. The van der Waals surface area contributed by atoms with Gasteiger partial charge in [-0.2, -0.15) is 5.10 Å². The maximum Gasteiger partial charge on any atom is 0.253 e. The molecule has 2 aromatic heterocycles. The van der Waals surface area contributed by atoms with Crippen molar-refractivity contribution in [1.82, 2.24) is 20.5 Å². The second-order valence-corrected chi connectivity index (χ2v) is 5.45. The Balaban J connectivity index is 1.79. The number of hydrogen-bond donors (Lipinski definition) is 3. The Hall–Kier alpha value is -1.95. The van der Waals surface area contributed by atoms with Gasteiger partial charge < -0.3 is 11.1 Å². The van der Waals surface area contributed by atoms with E-state index in [0.717, 1.165) is 30.3 Å². The number of pyridine rings is 1. The SMILES string of the molecule is Cc1[nH]nc2ncc(C(=O)NC3CCCC3CN)cc12. The van der Waals surface area contributed by atoms with E-state index in [-0.39, 0.29) is 11.9 Å². The van der Waals surface area contributed by atoms with Crippen LogP contribution in [0.25, 0.3) is 11.0 Å². The van der Waals surface area contributed by atoms with E-state index >= 15 is 0 Å². The second-order valence-electron chi connectivity index (χ2n) is 5.45. The molecule has 1 saturated carbocycles. The standard InChI is InChI=1S/C14H19N5O/c1-8-11-5-10(7-16-13(11)19-18-8)14(20)17-12-4-2-3-9(12)6-15/h5,7,9,12H,2-4,6,15H2,1H3,(H,17,20)(H,16,18,19). The minimum absolute atomic E-state index is 0.0784. The van der Waals surface area contributed by atoms with Crippen LogP contribution in [0.3, 0.4) is 0 Å². The highest BCUT2D eigenvalue weighted by atomic mass is 16.1. The van der Waals surface area contributed by atoms with Crippen LogP contribution in [0.15, 0.2) is 12.3 Å². The topological polar surface area (TPSA) is 96.7 Å². The van der Waals surface area contributed by atoms with E-state index in [1.807, 2.05) is 13.0 Å². The number of carbonyl (C=O) groups excluding carboxylic acids is 1. The van der Waals surface area contributed by atoms with E-state index in [1.54, 1.807) is 6.20 Å². The second kappa shape index (κ2) is 5.20. The zero-order chi connectivity index (χ0) is 14.1. The van der Waals surface area contributed by atoms with Crippen LogP contribution in [0, 0.1) is 12.8 Å². The molecule has 0 bridgehead atoms. The Morgan fingerprint density at radius 1 is 1.55 bits per heavy atom. The van der Waals surface area contributed by atoms with Crippen LogP contribution in [-0.4, -0.2) is 33.7 Å². The van der Waals surface area contributed by atoms with Crippen molar-refractivity contribution in [1.29, 1.82) is 0 Å². The molecule has 0 spiro atoms. The third kappa shape index (κ3) is 2.27. The molecule has 2 atom stereocenters. The molecule has 3 rings (SSSR count). The van der Waals surface area contributed by atoms with Crippen molar-refractivity contribution in [3.8, 4) is 0 Å². The first kappa shape index (κ1) is 13.1. The van der Waals surface area contributed by atoms with Crippen molar-refractivity contribution < 1.29 is 4.79 Å². The summed E-state index contributed by atoms with van der Waals surface area (Å²) in [7, 11) is 0. The summed E-state index contributed by atoms with van der Waals surface area (Å²) in [5.41, 5.74) is 7.87.